The number of carbonyl (C=O) groups excluding carboxylic acids is 1. The van der Waals surface area contributed by atoms with Crippen molar-refractivity contribution in [2.24, 2.45) is 5.73 Å². The first-order valence-corrected chi connectivity index (χ1v) is 7.76. The fraction of sp³-hybridized carbons (Fsp3) is 0.133. The summed E-state index contributed by atoms with van der Waals surface area (Å²) in [5, 5.41) is 0. The van der Waals surface area contributed by atoms with Crippen molar-refractivity contribution in [1.29, 1.82) is 0 Å². The van der Waals surface area contributed by atoms with Gasteiger partial charge in [-0.3, -0.25) is 4.79 Å². The van der Waals surface area contributed by atoms with E-state index in [0.29, 0.717) is 0 Å². The fourth-order valence-corrected chi connectivity index (χ4v) is 2.95. The second kappa shape index (κ2) is 5.31. The van der Waals surface area contributed by atoms with Gasteiger partial charge in [0.2, 0.25) is 5.91 Å². The van der Waals surface area contributed by atoms with Gasteiger partial charge in [0.05, 0.1) is 6.04 Å². The van der Waals surface area contributed by atoms with Crippen molar-refractivity contribution < 1.29 is 4.79 Å². The molecule has 0 bridgehead atoms. The Kier molecular flexibility index (Phi) is 3.67. The molecule has 0 saturated carbocycles. The number of halogens is 2. The van der Waals surface area contributed by atoms with Gasteiger partial charge in [-0.15, -0.1) is 0 Å². The first-order chi connectivity index (χ1) is 9.58. The summed E-state index contributed by atoms with van der Waals surface area (Å²) in [7, 11) is 0. The van der Waals surface area contributed by atoms with E-state index in [4.69, 9.17) is 5.73 Å². The van der Waals surface area contributed by atoms with E-state index in [-0.39, 0.29) is 11.9 Å². The quantitative estimate of drug-likeness (QED) is 0.789. The zero-order chi connectivity index (χ0) is 14.3. The van der Waals surface area contributed by atoms with Crippen LogP contribution in [0.25, 0.3) is 0 Å². The third-order valence-electron chi connectivity index (χ3n) is 3.46. The molecule has 5 heteroatoms. The van der Waals surface area contributed by atoms with E-state index in [0.717, 1.165) is 20.2 Å². The minimum absolute atomic E-state index is 0.0414. The monoisotopic (exact) mass is 394 g/mol. The van der Waals surface area contributed by atoms with Gasteiger partial charge in [-0.2, -0.15) is 0 Å². The van der Waals surface area contributed by atoms with E-state index in [9.17, 15) is 4.79 Å². The van der Waals surface area contributed by atoms with E-state index < -0.39 is 6.04 Å². The predicted molar refractivity (Wildman–Crippen MR) is 86.5 cm³/mol. The van der Waals surface area contributed by atoms with E-state index in [2.05, 4.69) is 31.9 Å². The number of amides is 1. The summed E-state index contributed by atoms with van der Waals surface area (Å²) in [6.07, 6.45) is 0. The van der Waals surface area contributed by atoms with Crippen LogP contribution in [0, 0.1) is 0 Å². The van der Waals surface area contributed by atoms with E-state index >= 15 is 0 Å². The molecule has 3 nitrogen and oxygen atoms in total. The molecule has 1 amide bonds. The van der Waals surface area contributed by atoms with Gasteiger partial charge in [0.25, 0.3) is 0 Å². The summed E-state index contributed by atoms with van der Waals surface area (Å²) >= 11 is 6.81. The number of nitrogens with two attached hydrogens (primary N) is 1. The lowest BCUT2D eigenvalue weighted by Gasteiger charge is -2.45. The average molecular weight is 396 g/mol. The van der Waals surface area contributed by atoms with Gasteiger partial charge < -0.3 is 10.6 Å². The van der Waals surface area contributed by atoms with Crippen molar-refractivity contribution in [3.05, 3.63) is 63.0 Å². The Labute approximate surface area is 134 Å². The number of hydrogen-bond acceptors (Lipinski definition) is 2. The number of hydrogen-bond donors (Lipinski definition) is 1. The highest BCUT2D eigenvalue weighted by molar-refractivity contribution is 9.10. The smallest absolute Gasteiger partial charge is 0.247 e. The fourth-order valence-electron chi connectivity index (χ4n) is 2.42. The standard InChI is InChI=1S/C15H12Br2N2O/c16-10-3-1-9(2-4-10)14-13(18)15(20)19(14)12-7-5-11(17)6-8-12/h1-8,13-14H,18H2/t13-,14-/m0/s1. The van der Waals surface area contributed by atoms with Crippen LogP contribution in [-0.4, -0.2) is 11.9 Å². The molecule has 0 unspecified atom stereocenters. The Morgan fingerprint density at radius 3 is 1.95 bits per heavy atom. The van der Waals surface area contributed by atoms with Crippen molar-refractivity contribution >= 4 is 43.5 Å². The first kappa shape index (κ1) is 13.8. The van der Waals surface area contributed by atoms with Crippen LogP contribution in [0.3, 0.4) is 0 Å². The van der Waals surface area contributed by atoms with Gasteiger partial charge in [0.15, 0.2) is 0 Å². The molecule has 2 aromatic rings. The molecule has 0 radical (unpaired) electrons. The van der Waals surface area contributed by atoms with Crippen LogP contribution in [0.2, 0.25) is 0 Å². The third kappa shape index (κ3) is 2.30. The molecule has 3 rings (SSSR count). The molecular formula is C15H12Br2N2O. The van der Waals surface area contributed by atoms with E-state index in [1.807, 2.05) is 48.5 Å². The lowest BCUT2D eigenvalue weighted by molar-refractivity contribution is -0.126. The Bertz CT molecular complexity index is 640. The Balaban J connectivity index is 1.95. The Hall–Kier alpha value is -1.17. The number of carbonyl (C=O) groups is 1. The highest BCUT2D eigenvalue weighted by Crippen LogP contribution is 2.38. The molecule has 2 atom stereocenters. The molecule has 102 valence electrons. The highest BCUT2D eigenvalue weighted by atomic mass is 79.9. The van der Waals surface area contributed by atoms with Gasteiger partial charge in [-0.1, -0.05) is 44.0 Å². The number of nitrogens with zero attached hydrogens (tertiary/aromatic N) is 1. The maximum absolute atomic E-state index is 12.1. The summed E-state index contributed by atoms with van der Waals surface area (Å²) in [4.78, 5) is 13.8. The van der Waals surface area contributed by atoms with Crippen LogP contribution < -0.4 is 10.6 Å². The van der Waals surface area contributed by atoms with Gasteiger partial charge in [0.1, 0.15) is 6.04 Å². The van der Waals surface area contributed by atoms with Crippen molar-refractivity contribution in [3.63, 3.8) is 0 Å². The molecule has 1 fully saturated rings. The summed E-state index contributed by atoms with van der Waals surface area (Å²) in [5.74, 6) is -0.0414. The number of benzene rings is 2. The Morgan fingerprint density at radius 1 is 0.900 bits per heavy atom. The van der Waals surface area contributed by atoms with Crippen molar-refractivity contribution in [1.82, 2.24) is 0 Å². The summed E-state index contributed by atoms with van der Waals surface area (Å²) < 4.78 is 1.99. The largest absolute Gasteiger partial charge is 0.318 e. The second-order valence-electron chi connectivity index (χ2n) is 4.71. The topological polar surface area (TPSA) is 46.3 Å². The molecule has 2 aromatic carbocycles. The molecule has 0 spiro atoms. The summed E-state index contributed by atoms with van der Waals surface area (Å²) in [5.41, 5.74) is 7.89. The SMILES string of the molecule is N[C@@H]1C(=O)N(c2ccc(Br)cc2)[C@H]1c1ccc(Br)cc1. The highest BCUT2D eigenvalue weighted by Gasteiger charge is 2.46. The molecular weight excluding hydrogens is 384 g/mol. The molecule has 1 saturated heterocycles. The minimum Gasteiger partial charge on any atom is -0.318 e. The lowest BCUT2D eigenvalue weighted by Crippen LogP contribution is -2.63. The Morgan fingerprint density at radius 2 is 1.40 bits per heavy atom. The lowest BCUT2D eigenvalue weighted by atomic mass is 9.88. The van der Waals surface area contributed by atoms with Gasteiger partial charge in [-0.05, 0) is 42.0 Å². The van der Waals surface area contributed by atoms with Crippen molar-refractivity contribution in [2.45, 2.75) is 12.1 Å². The normalized spacial score (nSPS) is 21.8. The van der Waals surface area contributed by atoms with Crippen LogP contribution in [0.15, 0.2) is 57.5 Å². The first-order valence-electron chi connectivity index (χ1n) is 6.17. The van der Waals surface area contributed by atoms with E-state index in [1.165, 1.54) is 0 Å². The summed E-state index contributed by atoms with van der Waals surface area (Å²) in [6, 6.07) is 15.0. The van der Waals surface area contributed by atoms with Crippen LogP contribution >= 0.6 is 31.9 Å². The molecule has 1 aliphatic rings. The van der Waals surface area contributed by atoms with Gasteiger partial charge in [0, 0.05) is 14.6 Å². The van der Waals surface area contributed by atoms with E-state index in [1.54, 1.807) is 4.90 Å². The summed E-state index contributed by atoms with van der Waals surface area (Å²) in [6.45, 7) is 0. The third-order valence-corrected chi connectivity index (χ3v) is 4.51. The predicted octanol–water partition coefficient (Wildman–Crippen LogP) is 3.63. The van der Waals surface area contributed by atoms with Gasteiger partial charge in [-0.25, -0.2) is 0 Å². The molecule has 1 aliphatic heterocycles. The zero-order valence-corrected chi connectivity index (χ0v) is 13.6. The maximum atomic E-state index is 12.1. The van der Waals surface area contributed by atoms with Crippen LogP contribution in [0.5, 0.6) is 0 Å². The number of rotatable bonds is 2. The second-order valence-corrected chi connectivity index (χ2v) is 6.54. The average Bonchev–Trinajstić information content (AvgIpc) is 2.46. The zero-order valence-electron chi connectivity index (χ0n) is 10.5. The molecule has 2 N–H and O–H groups in total. The van der Waals surface area contributed by atoms with Crippen LogP contribution in [0.4, 0.5) is 5.69 Å². The van der Waals surface area contributed by atoms with Gasteiger partial charge >= 0.3 is 0 Å². The van der Waals surface area contributed by atoms with Crippen molar-refractivity contribution in [2.75, 3.05) is 4.90 Å². The number of anilines is 1. The van der Waals surface area contributed by atoms with Crippen molar-refractivity contribution in [3.8, 4) is 0 Å². The minimum atomic E-state index is -0.472. The molecule has 1 heterocycles. The molecule has 0 aliphatic carbocycles. The maximum Gasteiger partial charge on any atom is 0.247 e. The van der Waals surface area contributed by atoms with Crippen LogP contribution in [0.1, 0.15) is 11.6 Å². The molecule has 0 aromatic heterocycles. The number of β-lactam (4-membered cyclic amide) rings is 1. The molecule has 20 heavy (non-hydrogen) atoms. The van der Waals surface area contributed by atoms with Crippen LogP contribution in [-0.2, 0) is 4.79 Å².